The summed E-state index contributed by atoms with van der Waals surface area (Å²) in [7, 11) is 3.78. The van der Waals surface area contributed by atoms with Crippen LogP contribution in [0.4, 0.5) is 0 Å². The van der Waals surface area contributed by atoms with E-state index in [1.54, 1.807) is 7.11 Å². The van der Waals surface area contributed by atoms with Crippen LogP contribution in [0.5, 0.6) is 0 Å². The van der Waals surface area contributed by atoms with Crippen molar-refractivity contribution in [3.05, 3.63) is 0 Å². The second-order valence-electron chi connectivity index (χ2n) is 3.90. The number of nitrogens with zero attached hydrogens (tertiary/aromatic N) is 2. The van der Waals surface area contributed by atoms with Gasteiger partial charge in [-0.05, 0) is 20.8 Å². The highest BCUT2D eigenvalue weighted by atomic mass is 16.5. The van der Waals surface area contributed by atoms with E-state index in [1.165, 1.54) is 0 Å². The number of likely N-dealkylation sites (N-methyl/N-ethyl adjacent to an activating group) is 1. The maximum Gasteiger partial charge on any atom is 0.131 e. The van der Waals surface area contributed by atoms with Crippen molar-refractivity contribution in [3.8, 4) is 0 Å². The number of amidine groups is 1. The van der Waals surface area contributed by atoms with Crippen LogP contribution < -0.4 is 0 Å². The number of ether oxygens (including phenoxy) is 1. The van der Waals surface area contributed by atoms with Crippen LogP contribution in [-0.2, 0) is 4.74 Å². The monoisotopic (exact) mass is 170 g/mol. The Morgan fingerprint density at radius 2 is 2.17 bits per heavy atom. The van der Waals surface area contributed by atoms with Crippen LogP contribution in [0.25, 0.3) is 0 Å². The highest BCUT2D eigenvalue weighted by Gasteiger charge is 2.32. The van der Waals surface area contributed by atoms with Gasteiger partial charge in [-0.25, -0.2) is 0 Å². The van der Waals surface area contributed by atoms with Crippen LogP contribution in [0.2, 0.25) is 0 Å². The minimum Gasteiger partial charge on any atom is -0.371 e. The lowest BCUT2D eigenvalue weighted by Gasteiger charge is -2.28. The van der Waals surface area contributed by atoms with E-state index >= 15 is 0 Å². The first-order valence-corrected chi connectivity index (χ1v) is 4.32. The number of rotatable bonds is 2. The van der Waals surface area contributed by atoms with E-state index in [2.05, 4.69) is 23.9 Å². The van der Waals surface area contributed by atoms with Crippen molar-refractivity contribution in [2.45, 2.75) is 32.4 Å². The molecule has 0 amide bonds. The van der Waals surface area contributed by atoms with Crippen LogP contribution in [0.3, 0.4) is 0 Å². The zero-order chi connectivity index (χ0) is 9.35. The van der Waals surface area contributed by atoms with Gasteiger partial charge in [-0.15, -0.1) is 0 Å². The summed E-state index contributed by atoms with van der Waals surface area (Å²) in [4.78, 5) is 6.69. The molecule has 0 aromatic rings. The molecule has 70 valence electrons. The van der Waals surface area contributed by atoms with E-state index in [0.717, 1.165) is 12.4 Å². The molecule has 0 saturated heterocycles. The summed E-state index contributed by atoms with van der Waals surface area (Å²) < 4.78 is 5.37. The SMILES string of the molecule is COC(C)(C)C1=NC(C)CN1C. The number of hydrogen-bond donors (Lipinski definition) is 0. The summed E-state index contributed by atoms with van der Waals surface area (Å²) in [6.45, 7) is 7.21. The molecule has 0 spiro atoms. The zero-order valence-electron chi connectivity index (χ0n) is 8.59. The first kappa shape index (κ1) is 9.52. The number of hydrogen-bond acceptors (Lipinski definition) is 3. The Morgan fingerprint density at radius 1 is 1.58 bits per heavy atom. The van der Waals surface area contributed by atoms with Crippen LogP contribution in [0.15, 0.2) is 4.99 Å². The molecule has 12 heavy (non-hydrogen) atoms. The van der Waals surface area contributed by atoms with Crippen molar-refractivity contribution in [2.75, 3.05) is 20.7 Å². The summed E-state index contributed by atoms with van der Waals surface area (Å²) in [5, 5.41) is 0. The lowest BCUT2D eigenvalue weighted by Crippen LogP contribution is -2.42. The lowest BCUT2D eigenvalue weighted by atomic mass is 10.1. The van der Waals surface area contributed by atoms with Gasteiger partial charge in [0, 0.05) is 20.7 Å². The average molecular weight is 170 g/mol. The highest BCUT2D eigenvalue weighted by Crippen LogP contribution is 2.18. The second-order valence-corrected chi connectivity index (χ2v) is 3.90. The third-order valence-corrected chi connectivity index (χ3v) is 2.29. The average Bonchev–Trinajstić information content (AvgIpc) is 2.31. The molecule has 0 N–H and O–H groups in total. The van der Waals surface area contributed by atoms with Crippen molar-refractivity contribution in [3.63, 3.8) is 0 Å². The largest absolute Gasteiger partial charge is 0.371 e. The van der Waals surface area contributed by atoms with E-state index in [-0.39, 0.29) is 5.60 Å². The van der Waals surface area contributed by atoms with Gasteiger partial charge in [-0.3, -0.25) is 4.99 Å². The van der Waals surface area contributed by atoms with Gasteiger partial charge in [0.1, 0.15) is 11.4 Å². The molecule has 1 heterocycles. The fourth-order valence-corrected chi connectivity index (χ4v) is 1.54. The van der Waals surface area contributed by atoms with Crippen LogP contribution in [0.1, 0.15) is 20.8 Å². The Hall–Kier alpha value is -0.570. The molecule has 0 aromatic carbocycles. The molecule has 0 aliphatic carbocycles. The standard InChI is InChI=1S/C9H18N2O/c1-7-6-11(4)8(10-7)9(2,3)12-5/h7H,6H2,1-5H3. The number of aliphatic imine (C=N–C) groups is 1. The molecule has 0 bridgehead atoms. The summed E-state index contributed by atoms with van der Waals surface area (Å²) >= 11 is 0. The summed E-state index contributed by atoms with van der Waals surface area (Å²) in [5.41, 5.74) is -0.250. The molecule has 0 fully saturated rings. The van der Waals surface area contributed by atoms with E-state index in [1.807, 2.05) is 13.8 Å². The van der Waals surface area contributed by atoms with E-state index in [0.29, 0.717) is 6.04 Å². The summed E-state index contributed by atoms with van der Waals surface area (Å²) in [6, 6.07) is 0.402. The molecule has 1 rings (SSSR count). The molecule has 1 aliphatic rings. The van der Waals surface area contributed by atoms with Crippen molar-refractivity contribution in [1.29, 1.82) is 0 Å². The topological polar surface area (TPSA) is 24.8 Å². The molecular formula is C9H18N2O. The maximum absolute atomic E-state index is 5.37. The van der Waals surface area contributed by atoms with Gasteiger partial charge in [-0.2, -0.15) is 0 Å². The van der Waals surface area contributed by atoms with Crippen molar-refractivity contribution < 1.29 is 4.74 Å². The molecule has 3 nitrogen and oxygen atoms in total. The lowest BCUT2D eigenvalue weighted by molar-refractivity contribution is 0.0744. The molecule has 1 unspecified atom stereocenters. The minimum atomic E-state index is -0.250. The maximum atomic E-state index is 5.37. The predicted octanol–water partition coefficient (Wildman–Crippen LogP) is 1.14. The number of methoxy groups -OCH3 is 1. The molecule has 0 radical (unpaired) electrons. The Kier molecular flexibility index (Phi) is 2.42. The highest BCUT2D eigenvalue weighted by molar-refractivity contribution is 5.91. The van der Waals surface area contributed by atoms with Crippen molar-refractivity contribution >= 4 is 5.84 Å². The molecule has 0 aromatic heterocycles. The van der Waals surface area contributed by atoms with Gasteiger partial charge in [0.25, 0.3) is 0 Å². The first-order chi connectivity index (χ1) is 5.47. The molecule has 1 aliphatic heterocycles. The summed E-state index contributed by atoms with van der Waals surface area (Å²) in [5.74, 6) is 1.05. The smallest absolute Gasteiger partial charge is 0.131 e. The van der Waals surface area contributed by atoms with Gasteiger partial charge in [0.05, 0.1) is 6.04 Å². The Balaban J connectivity index is 2.81. The summed E-state index contributed by atoms with van der Waals surface area (Å²) in [6.07, 6.45) is 0. The minimum absolute atomic E-state index is 0.250. The fourth-order valence-electron chi connectivity index (χ4n) is 1.54. The second kappa shape index (κ2) is 3.05. The van der Waals surface area contributed by atoms with Crippen molar-refractivity contribution in [2.24, 2.45) is 4.99 Å². The molecule has 3 heteroatoms. The van der Waals surface area contributed by atoms with Crippen LogP contribution in [-0.4, -0.2) is 43.1 Å². The Morgan fingerprint density at radius 3 is 2.50 bits per heavy atom. The van der Waals surface area contributed by atoms with Gasteiger partial charge >= 0.3 is 0 Å². The molecular weight excluding hydrogens is 152 g/mol. The third-order valence-electron chi connectivity index (χ3n) is 2.29. The van der Waals surface area contributed by atoms with Crippen LogP contribution >= 0.6 is 0 Å². The van der Waals surface area contributed by atoms with Gasteiger partial charge in [0.15, 0.2) is 0 Å². The quantitative estimate of drug-likeness (QED) is 0.621. The van der Waals surface area contributed by atoms with Gasteiger partial charge in [-0.1, -0.05) is 0 Å². The zero-order valence-corrected chi connectivity index (χ0v) is 8.59. The van der Waals surface area contributed by atoms with Gasteiger partial charge in [0.2, 0.25) is 0 Å². The fraction of sp³-hybridized carbons (Fsp3) is 0.889. The third kappa shape index (κ3) is 1.61. The van der Waals surface area contributed by atoms with E-state index in [4.69, 9.17) is 4.74 Å². The predicted molar refractivity (Wildman–Crippen MR) is 50.6 cm³/mol. The molecule has 0 saturated carbocycles. The Labute approximate surface area is 74.4 Å². The van der Waals surface area contributed by atoms with Crippen molar-refractivity contribution in [1.82, 2.24) is 4.90 Å². The molecule has 1 atom stereocenters. The van der Waals surface area contributed by atoms with Gasteiger partial charge < -0.3 is 9.64 Å². The van der Waals surface area contributed by atoms with E-state index < -0.39 is 0 Å². The van der Waals surface area contributed by atoms with Crippen LogP contribution in [0, 0.1) is 0 Å². The first-order valence-electron chi connectivity index (χ1n) is 4.32. The van der Waals surface area contributed by atoms with E-state index in [9.17, 15) is 0 Å². The normalized spacial score (nSPS) is 24.6. The Bertz CT molecular complexity index is 199.